The minimum Gasteiger partial charge on any atom is -0.493 e. The van der Waals surface area contributed by atoms with Gasteiger partial charge in [-0.05, 0) is 24.6 Å². The summed E-state index contributed by atoms with van der Waals surface area (Å²) in [5.41, 5.74) is 4.14. The zero-order valence-electron chi connectivity index (χ0n) is 10.1. The molecule has 0 saturated carbocycles. The minimum absolute atomic E-state index is 0.595. The number of hydrogen-bond donors (Lipinski definition) is 1. The average molecular weight is 267 g/mol. The van der Waals surface area contributed by atoms with Crippen LogP contribution in [-0.2, 0) is 6.54 Å². The Morgan fingerprint density at radius 3 is 2.83 bits per heavy atom. The van der Waals surface area contributed by atoms with E-state index in [2.05, 4.69) is 22.5 Å². The van der Waals surface area contributed by atoms with Gasteiger partial charge in [-0.1, -0.05) is 18.5 Å². The van der Waals surface area contributed by atoms with Gasteiger partial charge in [0.05, 0.1) is 13.2 Å². The number of rotatable bonds is 6. The number of aromatic nitrogens is 3. The Morgan fingerprint density at radius 1 is 1.33 bits per heavy atom. The van der Waals surface area contributed by atoms with Gasteiger partial charge < -0.3 is 10.2 Å². The number of nitrogens with one attached hydrogen (secondary N) is 1. The molecule has 18 heavy (non-hydrogen) atoms. The quantitative estimate of drug-likeness (QED) is 0.873. The SMILES string of the molecule is CCCOc1ccc(Cl)cc1CNn1cnnc1. The molecule has 2 rings (SSSR count). The molecular formula is C12H15ClN4O. The Hall–Kier alpha value is -1.75. The summed E-state index contributed by atoms with van der Waals surface area (Å²) in [7, 11) is 0. The Balaban J connectivity index is 2.06. The van der Waals surface area contributed by atoms with Crippen LogP contribution in [0, 0.1) is 0 Å². The lowest BCUT2D eigenvalue weighted by Gasteiger charge is -2.12. The number of benzene rings is 1. The third kappa shape index (κ3) is 3.37. The molecule has 0 saturated heterocycles. The Bertz CT molecular complexity index is 487. The second kappa shape index (κ2) is 6.26. The Labute approximate surface area is 111 Å². The van der Waals surface area contributed by atoms with Crippen LogP contribution in [0.1, 0.15) is 18.9 Å². The maximum absolute atomic E-state index is 6.00. The van der Waals surface area contributed by atoms with Crippen LogP contribution in [-0.4, -0.2) is 21.5 Å². The van der Waals surface area contributed by atoms with Crippen molar-refractivity contribution < 1.29 is 4.74 Å². The van der Waals surface area contributed by atoms with Crippen LogP contribution >= 0.6 is 11.6 Å². The van der Waals surface area contributed by atoms with E-state index in [1.54, 1.807) is 17.3 Å². The van der Waals surface area contributed by atoms with E-state index in [0.717, 1.165) is 17.7 Å². The second-order valence-electron chi connectivity index (χ2n) is 3.80. The van der Waals surface area contributed by atoms with Crippen LogP contribution in [0.5, 0.6) is 5.75 Å². The molecular weight excluding hydrogens is 252 g/mol. The molecule has 2 aromatic rings. The summed E-state index contributed by atoms with van der Waals surface area (Å²) in [6.45, 7) is 3.36. The predicted octanol–water partition coefficient (Wildman–Crippen LogP) is 2.46. The molecule has 0 spiro atoms. The van der Waals surface area contributed by atoms with Gasteiger partial charge in [-0.2, -0.15) is 0 Å². The third-order valence-electron chi connectivity index (χ3n) is 2.36. The summed E-state index contributed by atoms with van der Waals surface area (Å²) in [6.07, 6.45) is 4.16. The smallest absolute Gasteiger partial charge is 0.138 e. The fraction of sp³-hybridized carbons (Fsp3) is 0.333. The molecule has 0 fully saturated rings. The number of ether oxygens (including phenoxy) is 1. The molecule has 0 aliphatic carbocycles. The number of hydrogen-bond acceptors (Lipinski definition) is 4. The Kier molecular flexibility index (Phi) is 4.41. The van der Waals surface area contributed by atoms with Crippen molar-refractivity contribution in [2.45, 2.75) is 19.9 Å². The fourth-order valence-corrected chi connectivity index (χ4v) is 1.69. The molecule has 0 radical (unpaired) electrons. The maximum atomic E-state index is 6.00. The first-order chi connectivity index (χ1) is 8.79. The molecule has 0 amide bonds. The van der Waals surface area contributed by atoms with Crippen LogP contribution in [0.25, 0.3) is 0 Å². The molecule has 0 unspecified atom stereocenters. The first-order valence-electron chi connectivity index (χ1n) is 5.79. The van der Waals surface area contributed by atoms with Gasteiger partial charge in [-0.3, -0.25) is 0 Å². The first-order valence-corrected chi connectivity index (χ1v) is 6.17. The van der Waals surface area contributed by atoms with E-state index in [1.165, 1.54) is 0 Å². The summed E-state index contributed by atoms with van der Waals surface area (Å²) < 4.78 is 7.36. The lowest BCUT2D eigenvalue weighted by atomic mass is 10.2. The highest BCUT2D eigenvalue weighted by atomic mass is 35.5. The molecule has 1 heterocycles. The summed E-state index contributed by atoms with van der Waals surface area (Å²) in [5, 5.41) is 8.13. The van der Waals surface area contributed by atoms with Crippen molar-refractivity contribution in [3.8, 4) is 5.75 Å². The van der Waals surface area contributed by atoms with Gasteiger partial charge >= 0.3 is 0 Å². The van der Waals surface area contributed by atoms with Crippen molar-refractivity contribution in [2.75, 3.05) is 12.0 Å². The van der Waals surface area contributed by atoms with Crippen LogP contribution in [0.15, 0.2) is 30.9 Å². The lowest BCUT2D eigenvalue weighted by Crippen LogP contribution is -2.13. The average Bonchev–Trinajstić information content (AvgIpc) is 2.88. The summed E-state index contributed by atoms with van der Waals surface area (Å²) in [4.78, 5) is 0. The van der Waals surface area contributed by atoms with Crippen molar-refractivity contribution in [1.29, 1.82) is 0 Å². The van der Waals surface area contributed by atoms with Crippen molar-refractivity contribution in [3.63, 3.8) is 0 Å². The molecule has 0 aliphatic rings. The van der Waals surface area contributed by atoms with Gasteiger partial charge in [0.1, 0.15) is 18.4 Å². The topological polar surface area (TPSA) is 52.0 Å². The lowest BCUT2D eigenvalue weighted by molar-refractivity contribution is 0.314. The number of halogens is 1. The van der Waals surface area contributed by atoms with Crippen LogP contribution in [0.4, 0.5) is 0 Å². The van der Waals surface area contributed by atoms with Crippen LogP contribution < -0.4 is 10.2 Å². The summed E-state index contributed by atoms with van der Waals surface area (Å²) >= 11 is 6.00. The van der Waals surface area contributed by atoms with Crippen molar-refractivity contribution in [2.24, 2.45) is 0 Å². The molecule has 5 nitrogen and oxygen atoms in total. The standard InChI is InChI=1S/C12H15ClN4O/c1-2-5-18-12-4-3-11(13)6-10(12)7-16-17-8-14-15-9-17/h3-4,6,8-9,16H,2,5,7H2,1H3. The Morgan fingerprint density at radius 2 is 2.11 bits per heavy atom. The van der Waals surface area contributed by atoms with Crippen LogP contribution in [0.3, 0.4) is 0 Å². The van der Waals surface area contributed by atoms with E-state index in [0.29, 0.717) is 18.2 Å². The van der Waals surface area contributed by atoms with Gasteiger partial charge in [0, 0.05) is 10.6 Å². The highest BCUT2D eigenvalue weighted by Crippen LogP contribution is 2.23. The van der Waals surface area contributed by atoms with Gasteiger partial charge in [-0.15, -0.1) is 10.2 Å². The molecule has 0 bridgehead atoms. The maximum Gasteiger partial charge on any atom is 0.138 e. The van der Waals surface area contributed by atoms with E-state index >= 15 is 0 Å². The summed E-state index contributed by atoms with van der Waals surface area (Å²) in [5.74, 6) is 0.849. The normalized spacial score (nSPS) is 10.3. The van der Waals surface area contributed by atoms with E-state index in [1.807, 2.05) is 18.2 Å². The first kappa shape index (κ1) is 12.7. The van der Waals surface area contributed by atoms with Crippen molar-refractivity contribution in [3.05, 3.63) is 41.4 Å². The van der Waals surface area contributed by atoms with E-state index < -0.39 is 0 Å². The molecule has 0 atom stereocenters. The minimum atomic E-state index is 0.595. The predicted molar refractivity (Wildman–Crippen MR) is 70.3 cm³/mol. The summed E-state index contributed by atoms with van der Waals surface area (Å²) in [6, 6.07) is 5.61. The number of nitrogens with zero attached hydrogens (tertiary/aromatic N) is 3. The van der Waals surface area contributed by atoms with Crippen molar-refractivity contribution in [1.82, 2.24) is 14.9 Å². The van der Waals surface area contributed by atoms with E-state index in [9.17, 15) is 0 Å². The monoisotopic (exact) mass is 266 g/mol. The van der Waals surface area contributed by atoms with Gasteiger partial charge in [-0.25, -0.2) is 4.68 Å². The highest BCUT2D eigenvalue weighted by Gasteiger charge is 2.04. The fourth-order valence-electron chi connectivity index (χ4n) is 1.50. The molecule has 96 valence electrons. The zero-order valence-corrected chi connectivity index (χ0v) is 10.9. The molecule has 6 heteroatoms. The molecule has 1 aromatic carbocycles. The van der Waals surface area contributed by atoms with E-state index in [-0.39, 0.29) is 0 Å². The second-order valence-corrected chi connectivity index (χ2v) is 4.24. The van der Waals surface area contributed by atoms with Gasteiger partial charge in [0.25, 0.3) is 0 Å². The molecule has 1 N–H and O–H groups in total. The molecule has 1 aromatic heterocycles. The molecule has 0 aliphatic heterocycles. The highest BCUT2D eigenvalue weighted by molar-refractivity contribution is 6.30. The zero-order chi connectivity index (χ0) is 12.8. The van der Waals surface area contributed by atoms with Gasteiger partial charge in [0.15, 0.2) is 0 Å². The van der Waals surface area contributed by atoms with Crippen molar-refractivity contribution >= 4 is 11.6 Å². The van der Waals surface area contributed by atoms with Crippen LogP contribution in [0.2, 0.25) is 5.02 Å². The van der Waals surface area contributed by atoms with E-state index in [4.69, 9.17) is 16.3 Å². The third-order valence-corrected chi connectivity index (χ3v) is 2.59. The largest absolute Gasteiger partial charge is 0.493 e. The van der Waals surface area contributed by atoms with Gasteiger partial charge in [0.2, 0.25) is 0 Å².